The maximum Gasteiger partial charge on any atom is 0.226 e. The quantitative estimate of drug-likeness (QED) is 0.510. The Balaban J connectivity index is 1.64. The second-order valence-electron chi connectivity index (χ2n) is 6.95. The summed E-state index contributed by atoms with van der Waals surface area (Å²) in [5.41, 5.74) is 3.92. The van der Waals surface area contributed by atoms with Gasteiger partial charge in [-0.1, -0.05) is 30.3 Å². The average Bonchev–Trinajstić information content (AvgIpc) is 3.44. The van der Waals surface area contributed by atoms with E-state index in [0.29, 0.717) is 5.95 Å². The summed E-state index contributed by atoms with van der Waals surface area (Å²) in [7, 11) is 0. The molecule has 0 radical (unpaired) electrons. The van der Waals surface area contributed by atoms with Gasteiger partial charge in [0.15, 0.2) is 6.10 Å². The van der Waals surface area contributed by atoms with Crippen LogP contribution in [-0.2, 0) is 0 Å². The number of aromatic nitrogens is 3. The minimum absolute atomic E-state index is 0.259. The molecule has 0 amide bonds. The molecule has 0 spiro atoms. The molecule has 5 nitrogen and oxygen atoms in total. The van der Waals surface area contributed by atoms with Crippen molar-refractivity contribution in [2.75, 3.05) is 5.32 Å². The zero-order chi connectivity index (χ0) is 19.4. The van der Waals surface area contributed by atoms with Gasteiger partial charge in [-0.15, -0.1) is 11.3 Å². The zero-order valence-corrected chi connectivity index (χ0v) is 15.9. The third kappa shape index (κ3) is 2.51. The molecule has 2 aliphatic heterocycles. The molecule has 1 N–H and O–H groups in total. The normalized spacial score (nSPS) is 19.6. The number of para-hydroxylation sites is 1. The number of rotatable bonds is 2. The predicted molar refractivity (Wildman–Crippen MR) is 109 cm³/mol. The molecule has 0 unspecified atom stereocenters. The van der Waals surface area contributed by atoms with Crippen molar-refractivity contribution in [3.8, 4) is 5.75 Å². The lowest BCUT2D eigenvalue weighted by Gasteiger charge is -2.38. The van der Waals surface area contributed by atoms with Gasteiger partial charge in [0.1, 0.15) is 23.9 Å². The van der Waals surface area contributed by atoms with Crippen molar-refractivity contribution >= 4 is 23.0 Å². The summed E-state index contributed by atoms with van der Waals surface area (Å²) in [4.78, 5) is 5.50. The fourth-order valence-electron chi connectivity index (χ4n) is 4.06. The first-order valence-corrected chi connectivity index (χ1v) is 10.1. The van der Waals surface area contributed by atoms with Crippen molar-refractivity contribution in [3.63, 3.8) is 0 Å². The third-order valence-corrected chi connectivity index (χ3v) is 6.22. The van der Waals surface area contributed by atoms with Gasteiger partial charge in [0.05, 0.1) is 5.70 Å². The minimum atomic E-state index is -0.278. The first kappa shape index (κ1) is 16.5. The molecule has 142 valence electrons. The van der Waals surface area contributed by atoms with E-state index in [4.69, 9.17) is 4.74 Å². The van der Waals surface area contributed by atoms with Crippen molar-refractivity contribution in [2.45, 2.75) is 12.1 Å². The van der Waals surface area contributed by atoms with Crippen LogP contribution in [0, 0.1) is 5.82 Å². The van der Waals surface area contributed by atoms with E-state index < -0.39 is 0 Å². The Kier molecular flexibility index (Phi) is 3.57. The van der Waals surface area contributed by atoms with E-state index in [2.05, 4.69) is 21.5 Å². The maximum atomic E-state index is 13.6. The van der Waals surface area contributed by atoms with Crippen molar-refractivity contribution in [1.82, 2.24) is 14.8 Å². The van der Waals surface area contributed by atoms with Gasteiger partial charge in [-0.3, -0.25) is 0 Å². The molecule has 0 aliphatic carbocycles. The minimum Gasteiger partial charge on any atom is -0.480 e. The van der Waals surface area contributed by atoms with Gasteiger partial charge in [0, 0.05) is 16.0 Å². The van der Waals surface area contributed by atoms with Crippen LogP contribution >= 0.6 is 11.3 Å². The van der Waals surface area contributed by atoms with Gasteiger partial charge >= 0.3 is 0 Å². The summed E-state index contributed by atoms with van der Waals surface area (Å²) in [6.45, 7) is 0. The van der Waals surface area contributed by atoms with Crippen LogP contribution in [-0.4, -0.2) is 14.8 Å². The number of hydrogen-bond donors (Lipinski definition) is 1. The van der Waals surface area contributed by atoms with E-state index in [1.54, 1.807) is 23.5 Å². The molecule has 2 aromatic carbocycles. The number of nitrogens with one attached hydrogen (secondary N) is 1. The average molecular weight is 402 g/mol. The van der Waals surface area contributed by atoms with Crippen LogP contribution in [0.2, 0.25) is 0 Å². The zero-order valence-electron chi connectivity index (χ0n) is 15.1. The highest BCUT2D eigenvalue weighted by Gasteiger charge is 2.41. The van der Waals surface area contributed by atoms with E-state index in [1.165, 1.54) is 18.5 Å². The monoisotopic (exact) mass is 402 g/mol. The molecule has 6 rings (SSSR count). The number of thiophene rings is 1. The lowest BCUT2D eigenvalue weighted by atomic mass is 9.86. The number of ether oxygens (including phenoxy) is 1. The van der Waals surface area contributed by atoms with Crippen LogP contribution in [0.15, 0.2) is 77.9 Å². The van der Waals surface area contributed by atoms with Gasteiger partial charge in [-0.2, -0.15) is 10.1 Å². The van der Waals surface area contributed by atoms with Crippen LogP contribution in [0.5, 0.6) is 5.75 Å². The van der Waals surface area contributed by atoms with E-state index in [1.807, 2.05) is 40.4 Å². The van der Waals surface area contributed by atoms with E-state index in [-0.39, 0.29) is 18.0 Å². The standard InChI is InChI=1S/C22H15FN4OS/c23-14-9-7-13(8-10-14)20-18-19(26-22-24-12-25-27(20)22)15-4-1-2-5-16(15)28-21(18)17-6-3-11-29-17/h1-12,20-21H,(H,24,25,26)/t20-,21+/m1/s1. The van der Waals surface area contributed by atoms with Gasteiger partial charge in [0.2, 0.25) is 5.95 Å². The summed E-state index contributed by atoms with van der Waals surface area (Å²) in [6.07, 6.45) is 1.25. The molecule has 4 aromatic rings. The molecule has 0 saturated heterocycles. The van der Waals surface area contributed by atoms with Crippen molar-refractivity contribution in [3.05, 3.63) is 99.8 Å². The lowest BCUT2D eigenvalue weighted by Crippen LogP contribution is -2.32. The van der Waals surface area contributed by atoms with E-state index >= 15 is 0 Å². The molecule has 2 aliphatic rings. The SMILES string of the molecule is Fc1ccc([C@@H]2C3=C(Nc4ncnn42)c2ccccc2O[C@H]3c2cccs2)cc1. The highest BCUT2D eigenvalue weighted by Crippen LogP contribution is 2.51. The van der Waals surface area contributed by atoms with Crippen molar-refractivity contribution in [2.24, 2.45) is 0 Å². The number of hydrogen-bond acceptors (Lipinski definition) is 5. The number of fused-ring (bicyclic) bond motifs is 3. The Hall–Kier alpha value is -3.45. The van der Waals surface area contributed by atoms with Crippen molar-refractivity contribution < 1.29 is 9.13 Å². The van der Waals surface area contributed by atoms with Crippen LogP contribution in [0.3, 0.4) is 0 Å². The first-order valence-electron chi connectivity index (χ1n) is 9.25. The fourth-order valence-corrected chi connectivity index (χ4v) is 4.83. The summed E-state index contributed by atoms with van der Waals surface area (Å²) in [5.74, 6) is 1.21. The highest BCUT2D eigenvalue weighted by atomic mass is 32.1. The van der Waals surface area contributed by atoms with Gasteiger partial charge in [-0.25, -0.2) is 9.07 Å². The topological polar surface area (TPSA) is 52.0 Å². The highest BCUT2D eigenvalue weighted by molar-refractivity contribution is 7.10. The maximum absolute atomic E-state index is 13.6. The summed E-state index contributed by atoms with van der Waals surface area (Å²) in [6, 6.07) is 18.4. The summed E-state index contributed by atoms with van der Waals surface area (Å²) < 4.78 is 22.0. The molecule has 29 heavy (non-hydrogen) atoms. The Morgan fingerprint density at radius 1 is 1.03 bits per heavy atom. The Morgan fingerprint density at radius 2 is 1.90 bits per heavy atom. The molecule has 0 saturated carbocycles. The van der Waals surface area contributed by atoms with Crippen LogP contribution in [0.1, 0.15) is 28.1 Å². The lowest BCUT2D eigenvalue weighted by molar-refractivity contribution is 0.226. The van der Waals surface area contributed by atoms with Gasteiger partial charge in [-0.05, 0) is 41.3 Å². The van der Waals surface area contributed by atoms with Crippen LogP contribution in [0.25, 0.3) is 5.70 Å². The molecule has 0 fully saturated rings. The van der Waals surface area contributed by atoms with Crippen molar-refractivity contribution in [1.29, 1.82) is 0 Å². The largest absolute Gasteiger partial charge is 0.480 e. The van der Waals surface area contributed by atoms with E-state index in [9.17, 15) is 4.39 Å². The van der Waals surface area contributed by atoms with Gasteiger partial charge < -0.3 is 10.1 Å². The number of benzene rings is 2. The molecule has 0 bridgehead atoms. The molecule has 2 aromatic heterocycles. The Morgan fingerprint density at radius 3 is 2.72 bits per heavy atom. The Labute approximate surface area is 170 Å². The van der Waals surface area contributed by atoms with Crippen LogP contribution in [0.4, 0.5) is 10.3 Å². The summed E-state index contributed by atoms with van der Waals surface area (Å²) >= 11 is 1.65. The second-order valence-corrected chi connectivity index (χ2v) is 7.93. The molecule has 4 heterocycles. The molecule has 2 atom stereocenters. The number of halogens is 1. The molecular formula is C22H15FN4OS. The first-order chi connectivity index (χ1) is 14.3. The number of anilines is 1. The smallest absolute Gasteiger partial charge is 0.226 e. The number of nitrogens with zero attached hydrogens (tertiary/aromatic N) is 3. The summed E-state index contributed by atoms with van der Waals surface area (Å²) in [5, 5.41) is 9.97. The fraction of sp³-hybridized carbons (Fsp3) is 0.0909. The Bertz CT molecular complexity index is 1230. The predicted octanol–water partition coefficient (Wildman–Crippen LogP) is 5.04. The second kappa shape index (κ2) is 6.28. The molecular weight excluding hydrogens is 387 g/mol. The van der Waals surface area contributed by atoms with E-state index in [0.717, 1.165) is 33.0 Å². The van der Waals surface area contributed by atoms with Gasteiger partial charge in [0.25, 0.3) is 0 Å². The molecule has 7 heteroatoms. The van der Waals surface area contributed by atoms with Crippen LogP contribution < -0.4 is 10.1 Å². The third-order valence-electron chi connectivity index (χ3n) is 5.31.